The maximum atomic E-state index is 12.3. The van der Waals surface area contributed by atoms with Crippen LogP contribution in [-0.4, -0.2) is 21.9 Å². The topological polar surface area (TPSA) is 66.9 Å². The Morgan fingerprint density at radius 2 is 2.14 bits per heavy atom. The Morgan fingerprint density at radius 1 is 1.33 bits per heavy atom. The molecule has 21 heavy (non-hydrogen) atoms. The van der Waals surface area contributed by atoms with Crippen molar-refractivity contribution in [3.8, 4) is 0 Å². The predicted octanol–water partition coefficient (Wildman–Crippen LogP) is 3.91. The Kier molecular flexibility index (Phi) is 4.50. The summed E-state index contributed by atoms with van der Waals surface area (Å²) in [5, 5.41) is 7.05. The van der Waals surface area contributed by atoms with E-state index in [1.807, 2.05) is 12.1 Å². The van der Waals surface area contributed by atoms with E-state index in [1.54, 1.807) is 11.6 Å². The molecule has 0 radical (unpaired) electrons. The van der Waals surface area contributed by atoms with Crippen LogP contribution in [0.1, 0.15) is 36.2 Å². The number of amides is 1. The number of halogens is 1. The number of hydrogen-bond acceptors (Lipinski definition) is 5. The van der Waals surface area contributed by atoms with Crippen molar-refractivity contribution < 1.29 is 4.79 Å². The minimum Gasteiger partial charge on any atom is -0.372 e. The number of rotatable bonds is 4. The van der Waals surface area contributed by atoms with E-state index in [9.17, 15) is 4.79 Å². The van der Waals surface area contributed by atoms with Crippen molar-refractivity contribution in [3.63, 3.8) is 0 Å². The summed E-state index contributed by atoms with van der Waals surface area (Å²) in [6.45, 7) is 0. The van der Waals surface area contributed by atoms with E-state index in [-0.39, 0.29) is 5.91 Å². The average molecular weight is 367 g/mol. The first-order valence-corrected chi connectivity index (χ1v) is 8.53. The summed E-state index contributed by atoms with van der Waals surface area (Å²) in [4.78, 5) is 20.7. The van der Waals surface area contributed by atoms with Crippen molar-refractivity contribution >= 4 is 44.0 Å². The van der Waals surface area contributed by atoms with E-state index in [4.69, 9.17) is 0 Å². The summed E-state index contributed by atoms with van der Waals surface area (Å²) < 4.78 is 0.683. The third-order valence-corrected chi connectivity index (χ3v) is 4.63. The normalized spacial score (nSPS) is 15.1. The minimum atomic E-state index is -0.234. The Labute approximate surface area is 135 Å². The first kappa shape index (κ1) is 14.5. The van der Waals surface area contributed by atoms with Crippen molar-refractivity contribution in [2.75, 3.05) is 10.6 Å². The zero-order valence-corrected chi connectivity index (χ0v) is 13.7. The number of aromatic nitrogens is 2. The Balaban J connectivity index is 1.71. The van der Waals surface area contributed by atoms with Crippen LogP contribution in [0.2, 0.25) is 0 Å². The summed E-state index contributed by atoms with van der Waals surface area (Å²) in [7, 11) is 0. The summed E-state index contributed by atoms with van der Waals surface area (Å²) >= 11 is 4.75. The summed E-state index contributed by atoms with van der Waals surface area (Å²) in [5.41, 5.74) is 2.13. The molecule has 1 fully saturated rings. The molecule has 110 valence electrons. The number of carbonyl (C=O) groups excluding carboxylic acids is 1. The fraction of sp³-hybridized carbons (Fsp3) is 0.357. The molecule has 1 amide bonds. The first-order chi connectivity index (χ1) is 10.2. The maximum absolute atomic E-state index is 12.3. The maximum Gasteiger partial charge on any atom is 0.278 e. The molecule has 5 nitrogen and oxygen atoms in total. The van der Waals surface area contributed by atoms with Gasteiger partial charge in [-0.25, -0.2) is 9.97 Å². The standard InChI is InChI=1S/C14H15BrN4OS/c15-10-6-3-7-11(18-10)19-13(20)12-14(21-8-16-12)17-9-4-1-2-5-9/h3,6-9,17H,1-2,4-5H2,(H,18,19,20). The molecule has 3 rings (SSSR count). The molecule has 1 saturated carbocycles. The predicted molar refractivity (Wildman–Crippen MR) is 87.9 cm³/mol. The van der Waals surface area contributed by atoms with Crippen LogP contribution in [0.5, 0.6) is 0 Å². The lowest BCUT2D eigenvalue weighted by atomic mass is 10.2. The van der Waals surface area contributed by atoms with E-state index in [0.29, 0.717) is 22.2 Å². The highest BCUT2D eigenvalue weighted by Crippen LogP contribution is 2.27. The number of anilines is 2. The quantitative estimate of drug-likeness (QED) is 0.805. The lowest BCUT2D eigenvalue weighted by Gasteiger charge is -2.12. The van der Waals surface area contributed by atoms with E-state index in [2.05, 4.69) is 36.5 Å². The zero-order valence-electron chi connectivity index (χ0n) is 11.3. The monoisotopic (exact) mass is 366 g/mol. The number of nitrogens with one attached hydrogen (secondary N) is 2. The van der Waals surface area contributed by atoms with Gasteiger partial charge in [-0.2, -0.15) is 0 Å². The smallest absolute Gasteiger partial charge is 0.278 e. The lowest BCUT2D eigenvalue weighted by molar-refractivity contribution is 0.102. The molecule has 2 N–H and O–H groups in total. The van der Waals surface area contributed by atoms with Crippen LogP contribution in [0, 0.1) is 0 Å². The molecule has 1 aliphatic rings. The number of carbonyl (C=O) groups is 1. The van der Waals surface area contributed by atoms with Crippen LogP contribution in [0.3, 0.4) is 0 Å². The second kappa shape index (κ2) is 6.53. The van der Waals surface area contributed by atoms with Crippen LogP contribution >= 0.6 is 27.3 Å². The van der Waals surface area contributed by atoms with E-state index < -0.39 is 0 Å². The second-order valence-electron chi connectivity index (χ2n) is 4.96. The number of nitrogens with zero attached hydrogens (tertiary/aromatic N) is 2. The molecule has 0 aliphatic heterocycles. The number of hydrogen-bond donors (Lipinski definition) is 2. The van der Waals surface area contributed by atoms with Gasteiger partial charge in [-0.15, -0.1) is 11.3 Å². The fourth-order valence-electron chi connectivity index (χ4n) is 2.42. The van der Waals surface area contributed by atoms with Gasteiger partial charge >= 0.3 is 0 Å². The molecular formula is C14H15BrN4OS. The molecule has 1 aliphatic carbocycles. The highest BCUT2D eigenvalue weighted by molar-refractivity contribution is 9.10. The average Bonchev–Trinajstić information content (AvgIpc) is 3.10. The molecule has 0 bridgehead atoms. The van der Waals surface area contributed by atoms with Crippen LogP contribution in [0.25, 0.3) is 0 Å². The molecule has 0 aromatic carbocycles. The van der Waals surface area contributed by atoms with Crippen molar-refractivity contribution in [1.82, 2.24) is 9.97 Å². The molecule has 0 saturated heterocycles. The molecule has 2 aromatic rings. The first-order valence-electron chi connectivity index (χ1n) is 6.86. The van der Waals surface area contributed by atoms with Crippen molar-refractivity contribution in [2.24, 2.45) is 0 Å². The van der Waals surface area contributed by atoms with Gasteiger partial charge in [0, 0.05) is 6.04 Å². The molecule has 2 aromatic heterocycles. The van der Waals surface area contributed by atoms with E-state index in [0.717, 1.165) is 17.8 Å². The molecule has 0 unspecified atom stereocenters. The van der Waals surface area contributed by atoms with Crippen LogP contribution in [-0.2, 0) is 0 Å². The third kappa shape index (κ3) is 3.59. The highest BCUT2D eigenvalue weighted by Gasteiger charge is 2.20. The van der Waals surface area contributed by atoms with Gasteiger partial charge in [-0.1, -0.05) is 18.9 Å². The van der Waals surface area contributed by atoms with Crippen molar-refractivity contribution in [3.05, 3.63) is 34.0 Å². The molecule has 0 atom stereocenters. The summed E-state index contributed by atoms with van der Waals surface area (Å²) in [6, 6.07) is 5.84. The Hall–Kier alpha value is -1.47. The summed E-state index contributed by atoms with van der Waals surface area (Å²) in [6.07, 6.45) is 4.82. The van der Waals surface area contributed by atoms with Crippen LogP contribution in [0.15, 0.2) is 28.3 Å². The van der Waals surface area contributed by atoms with E-state index >= 15 is 0 Å². The molecular weight excluding hydrogens is 352 g/mol. The third-order valence-electron chi connectivity index (χ3n) is 3.43. The lowest BCUT2D eigenvalue weighted by Crippen LogP contribution is -2.19. The summed E-state index contributed by atoms with van der Waals surface area (Å²) in [5.74, 6) is 0.275. The van der Waals surface area contributed by atoms with Crippen molar-refractivity contribution in [2.45, 2.75) is 31.7 Å². The van der Waals surface area contributed by atoms with Crippen LogP contribution < -0.4 is 10.6 Å². The van der Waals surface area contributed by atoms with Gasteiger partial charge in [0.05, 0.1) is 5.51 Å². The largest absolute Gasteiger partial charge is 0.372 e. The molecule has 0 spiro atoms. The van der Waals surface area contributed by atoms with Gasteiger partial charge in [0.1, 0.15) is 15.4 Å². The Bertz CT molecular complexity index is 639. The zero-order chi connectivity index (χ0) is 14.7. The van der Waals surface area contributed by atoms with Crippen molar-refractivity contribution in [1.29, 1.82) is 0 Å². The van der Waals surface area contributed by atoms with Gasteiger partial charge in [0.2, 0.25) is 0 Å². The Morgan fingerprint density at radius 3 is 2.90 bits per heavy atom. The second-order valence-corrected chi connectivity index (χ2v) is 6.62. The number of pyridine rings is 1. The van der Waals surface area contributed by atoms with E-state index in [1.165, 1.54) is 24.2 Å². The van der Waals surface area contributed by atoms with Gasteiger partial charge in [0.15, 0.2) is 5.69 Å². The molecule has 7 heteroatoms. The van der Waals surface area contributed by atoms with Gasteiger partial charge in [-0.05, 0) is 40.9 Å². The molecule has 2 heterocycles. The fourth-order valence-corrected chi connectivity index (χ4v) is 3.52. The van der Waals surface area contributed by atoms with Gasteiger partial charge in [0.25, 0.3) is 5.91 Å². The number of thiazole rings is 1. The highest BCUT2D eigenvalue weighted by atomic mass is 79.9. The van der Waals surface area contributed by atoms with Gasteiger partial charge in [-0.3, -0.25) is 4.79 Å². The SMILES string of the molecule is O=C(Nc1cccc(Br)n1)c1ncsc1NC1CCCC1. The minimum absolute atomic E-state index is 0.234. The van der Waals surface area contributed by atoms with Crippen LogP contribution in [0.4, 0.5) is 10.8 Å². The van der Waals surface area contributed by atoms with Gasteiger partial charge < -0.3 is 10.6 Å².